The molecule has 1 aliphatic heterocycles. The summed E-state index contributed by atoms with van der Waals surface area (Å²) in [6, 6.07) is 21.1. The van der Waals surface area contributed by atoms with Gasteiger partial charge in [0.05, 0.1) is 16.2 Å². The van der Waals surface area contributed by atoms with E-state index in [9.17, 15) is 14.7 Å². The summed E-state index contributed by atoms with van der Waals surface area (Å²) in [4.78, 5) is 27.0. The van der Waals surface area contributed by atoms with Crippen molar-refractivity contribution in [1.29, 1.82) is 0 Å². The standard InChI is InChI=1S/C25H23BrClN3O3/c26-18-10-8-17(9-11-18)25(33)12-14-30(15-13-25)24(32)29-20-5-3-4-19(16-20)28-23(31)21-6-1-2-7-22(21)27/h1-11,16,33H,12-15H2,(H,28,31)(H,29,32). The number of carbonyl (C=O) groups excluding carboxylic acids is 2. The number of nitrogens with one attached hydrogen (secondary N) is 2. The molecular weight excluding hydrogens is 506 g/mol. The molecule has 0 spiro atoms. The molecule has 4 rings (SSSR count). The summed E-state index contributed by atoms with van der Waals surface area (Å²) in [5, 5.41) is 17.1. The van der Waals surface area contributed by atoms with E-state index in [1.165, 1.54) is 0 Å². The molecule has 1 saturated heterocycles. The zero-order valence-electron chi connectivity index (χ0n) is 17.7. The van der Waals surface area contributed by atoms with Crippen LogP contribution in [0, 0.1) is 0 Å². The van der Waals surface area contributed by atoms with Gasteiger partial charge in [0.25, 0.3) is 5.91 Å². The van der Waals surface area contributed by atoms with Crippen molar-refractivity contribution in [1.82, 2.24) is 4.90 Å². The first-order chi connectivity index (χ1) is 15.8. The monoisotopic (exact) mass is 527 g/mol. The molecule has 0 aliphatic carbocycles. The van der Waals surface area contributed by atoms with Crippen molar-refractivity contribution in [2.45, 2.75) is 18.4 Å². The minimum Gasteiger partial charge on any atom is -0.385 e. The zero-order valence-corrected chi connectivity index (χ0v) is 20.1. The molecule has 1 heterocycles. The van der Waals surface area contributed by atoms with Crippen LogP contribution in [0.15, 0.2) is 77.3 Å². The molecule has 0 radical (unpaired) electrons. The van der Waals surface area contributed by atoms with Crippen molar-refractivity contribution in [2.75, 3.05) is 23.7 Å². The first-order valence-corrected chi connectivity index (χ1v) is 11.7. The van der Waals surface area contributed by atoms with E-state index in [1.54, 1.807) is 53.4 Å². The maximum absolute atomic E-state index is 12.8. The van der Waals surface area contributed by atoms with Crippen LogP contribution in [0.4, 0.5) is 16.2 Å². The topological polar surface area (TPSA) is 81.7 Å². The number of halogens is 2. The molecule has 1 aliphatic rings. The SMILES string of the molecule is O=C(Nc1cccc(NC(=O)N2CCC(O)(c3ccc(Br)cc3)CC2)c1)c1ccccc1Cl. The lowest BCUT2D eigenvalue weighted by atomic mass is 9.84. The summed E-state index contributed by atoms with van der Waals surface area (Å²) in [5.74, 6) is -0.327. The van der Waals surface area contributed by atoms with E-state index in [2.05, 4.69) is 26.6 Å². The number of anilines is 2. The summed E-state index contributed by atoms with van der Waals surface area (Å²) in [6.07, 6.45) is 0.909. The Kier molecular flexibility index (Phi) is 7.02. The van der Waals surface area contributed by atoms with Crippen molar-refractivity contribution in [3.05, 3.63) is 93.4 Å². The average Bonchev–Trinajstić information content (AvgIpc) is 2.80. The Morgan fingerprint density at radius 2 is 1.55 bits per heavy atom. The van der Waals surface area contributed by atoms with Gasteiger partial charge in [-0.05, 0) is 60.9 Å². The molecule has 3 aromatic rings. The second-order valence-corrected chi connectivity index (χ2v) is 9.29. The molecule has 1 fully saturated rings. The number of hydrogen-bond donors (Lipinski definition) is 3. The number of urea groups is 1. The van der Waals surface area contributed by atoms with Crippen molar-refractivity contribution in [3.63, 3.8) is 0 Å². The molecule has 33 heavy (non-hydrogen) atoms. The van der Waals surface area contributed by atoms with Gasteiger partial charge in [0.1, 0.15) is 0 Å². The largest absolute Gasteiger partial charge is 0.385 e. The number of rotatable bonds is 4. The van der Waals surface area contributed by atoms with E-state index >= 15 is 0 Å². The smallest absolute Gasteiger partial charge is 0.321 e. The Hall–Kier alpha value is -2.87. The Bertz CT molecular complexity index is 1160. The van der Waals surface area contributed by atoms with Gasteiger partial charge in [-0.3, -0.25) is 4.79 Å². The van der Waals surface area contributed by atoms with Gasteiger partial charge in [-0.25, -0.2) is 4.79 Å². The highest BCUT2D eigenvalue weighted by Crippen LogP contribution is 2.33. The summed E-state index contributed by atoms with van der Waals surface area (Å²) in [5.41, 5.74) is 1.39. The van der Waals surface area contributed by atoms with Crippen LogP contribution in [0.5, 0.6) is 0 Å². The highest BCUT2D eigenvalue weighted by atomic mass is 79.9. The van der Waals surface area contributed by atoms with Crippen LogP contribution >= 0.6 is 27.5 Å². The second kappa shape index (κ2) is 9.95. The number of likely N-dealkylation sites (tertiary alicyclic amines) is 1. The van der Waals surface area contributed by atoms with E-state index in [0.717, 1.165) is 10.0 Å². The lowest BCUT2D eigenvalue weighted by Crippen LogP contribution is -2.46. The third-order valence-electron chi connectivity index (χ3n) is 5.75. The molecule has 0 atom stereocenters. The Labute approximate surface area is 205 Å². The fourth-order valence-electron chi connectivity index (χ4n) is 3.85. The predicted octanol–water partition coefficient (Wildman–Crippen LogP) is 5.87. The Morgan fingerprint density at radius 3 is 2.21 bits per heavy atom. The second-order valence-electron chi connectivity index (χ2n) is 7.97. The minimum absolute atomic E-state index is 0.248. The highest BCUT2D eigenvalue weighted by Gasteiger charge is 2.35. The first-order valence-electron chi connectivity index (χ1n) is 10.5. The van der Waals surface area contributed by atoms with Gasteiger partial charge in [0.2, 0.25) is 0 Å². The van der Waals surface area contributed by atoms with E-state index in [1.807, 2.05) is 24.3 Å². The lowest BCUT2D eigenvalue weighted by Gasteiger charge is -2.38. The van der Waals surface area contributed by atoms with Crippen molar-refractivity contribution < 1.29 is 14.7 Å². The van der Waals surface area contributed by atoms with E-state index in [0.29, 0.717) is 47.9 Å². The molecule has 0 unspecified atom stereocenters. The van der Waals surface area contributed by atoms with Crippen LogP contribution in [-0.4, -0.2) is 35.0 Å². The number of hydrogen-bond acceptors (Lipinski definition) is 3. The van der Waals surface area contributed by atoms with Gasteiger partial charge >= 0.3 is 6.03 Å². The normalized spacial score (nSPS) is 15.1. The molecule has 170 valence electrons. The van der Waals surface area contributed by atoms with Crippen LogP contribution in [-0.2, 0) is 5.60 Å². The zero-order chi connectivity index (χ0) is 23.4. The van der Waals surface area contributed by atoms with Gasteiger partial charge in [-0.15, -0.1) is 0 Å². The van der Waals surface area contributed by atoms with Gasteiger partial charge in [-0.1, -0.05) is 57.9 Å². The number of amides is 3. The fourth-order valence-corrected chi connectivity index (χ4v) is 4.34. The van der Waals surface area contributed by atoms with Gasteiger partial charge in [0, 0.05) is 28.9 Å². The molecule has 3 amide bonds. The predicted molar refractivity (Wildman–Crippen MR) is 134 cm³/mol. The molecule has 0 bridgehead atoms. The highest BCUT2D eigenvalue weighted by molar-refractivity contribution is 9.10. The number of benzene rings is 3. The number of nitrogens with zero attached hydrogens (tertiary/aromatic N) is 1. The molecule has 3 aromatic carbocycles. The average molecular weight is 529 g/mol. The quantitative estimate of drug-likeness (QED) is 0.396. The van der Waals surface area contributed by atoms with Crippen LogP contribution in [0.1, 0.15) is 28.8 Å². The lowest BCUT2D eigenvalue weighted by molar-refractivity contribution is -0.0157. The van der Waals surface area contributed by atoms with Crippen molar-refractivity contribution in [3.8, 4) is 0 Å². The Balaban J connectivity index is 1.36. The molecular formula is C25H23BrClN3O3. The van der Waals surface area contributed by atoms with E-state index in [-0.39, 0.29) is 11.9 Å². The van der Waals surface area contributed by atoms with Crippen LogP contribution in [0.2, 0.25) is 5.02 Å². The summed E-state index contributed by atoms with van der Waals surface area (Å²) in [6.45, 7) is 0.864. The van der Waals surface area contributed by atoms with Gasteiger partial charge in [0.15, 0.2) is 0 Å². The first kappa shape index (κ1) is 23.3. The molecule has 0 aromatic heterocycles. The van der Waals surface area contributed by atoms with Gasteiger partial charge < -0.3 is 20.6 Å². The number of carbonyl (C=O) groups is 2. The van der Waals surface area contributed by atoms with Crippen LogP contribution in [0.3, 0.4) is 0 Å². The van der Waals surface area contributed by atoms with Gasteiger partial charge in [-0.2, -0.15) is 0 Å². The van der Waals surface area contributed by atoms with Crippen molar-refractivity contribution in [2.24, 2.45) is 0 Å². The molecule has 8 heteroatoms. The molecule has 3 N–H and O–H groups in total. The Morgan fingerprint density at radius 1 is 0.909 bits per heavy atom. The van der Waals surface area contributed by atoms with E-state index in [4.69, 9.17) is 11.6 Å². The summed E-state index contributed by atoms with van der Waals surface area (Å²) < 4.78 is 0.956. The fraction of sp³-hybridized carbons (Fsp3) is 0.200. The minimum atomic E-state index is -0.944. The summed E-state index contributed by atoms with van der Waals surface area (Å²) in [7, 11) is 0. The van der Waals surface area contributed by atoms with E-state index < -0.39 is 5.60 Å². The van der Waals surface area contributed by atoms with Crippen LogP contribution < -0.4 is 10.6 Å². The molecule has 0 saturated carbocycles. The summed E-state index contributed by atoms with van der Waals surface area (Å²) >= 11 is 9.50. The number of piperidine rings is 1. The third-order valence-corrected chi connectivity index (χ3v) is 6.61. The maximum atomic E-state index is 12.8. The van der Waals surface area contributed by atoms with Crippen molar-refractivity contribution >= 4 is 50.8 Å². The van der Waals surface area contributed by atoms with Crippen LogP contribution in [0.25, 0.3) is 0 Å². The number of aliphatic hydroxyl groups is 1. The maximum Gasteiger partial charge on any atom is 0.321 e. The third kappa shape index (κ3) is 5.55. The molecule has 6 nitrogen and oxygen atoms in total.